The van der Waals surface area contributed by atoms with Crippen LogP contribution in [0, 0.1) is 11.8 Å². The van der Waals surface area contributed by atoms with Gasteiger partial charge in [-0.25, -0.2) is 13.4 Å². The number of sulfone groups is 1. The van der Waals surface area contributed by atoms with Gasteiger partial charge >= 0.3 is 0 Å². The number of allylic oxidation sites excluding steroid dienone is 1. The first-order valence-corrected chi connectivity index (χ1v) is 12.2. The van der Waals surface area contributed by atoms with E-state index < -0.39 is 14.6 Å². The molecule has 29 heavy (non-hydrogen) atoms. The molecule has 2 heterocycles. The van der Waals surface area contributed by atoms with Crippen molar-refractivity contribution < 1.29 is 8.42 Å². The first-order chi connectivity index (χ1) is 13.7. The minimum Gasteiger partial charge on any atom is -0.255 e. The van der Waals surface area contributed by atoms with Crippen molar-refractivity contribution in [3.63, 3.8) is 0 Å². The van der Waals surface area contributed by atoms with E-state index >= 15 is 0 Å². The SMILES string of the molecule is CC(C)(C)S(=O)(=O)CC1CCC(C2=Cc3nc(-c4ccccn4)ccc3C2)CC1. The first kappa shape index (κ1) is 20.3. The monoisotopic (exact) mass is 410 g/mol. The van der Waals surface area contributed by atoms with Crippen molar-refractivity contribution in [2.24, 2.45) is 11.8 Å². The Morgan fingerprint density at radius 3 is 2.41 bits per heavy atom. The minimum absolute atomic E-state index is 0.300. The van der Waals surface area contributed by atoms with Gasteiger partial charge in [0, 0.05) is 6.20 Å². The number of fused-ring (bicyclic) bond motifs is 1. The van der Waals surface area contributed by atoms with Crippen LogP contribution in [-0.2, 0) is 16.3 Å². The van der Waals surface area contributed by atoms with E-state index in [0.29, 0.717) is 17.6 Å². The van der Waals surface area contributed by atoms with Gasteiger partial charge in [-0.05, 0) is 94.5 Å². The molecule has 154 valence electrons. The van der Waals surface area contributed by atoms with E-state index in [1.807, 2.05) is 18.2 Å². The topological polar surface area (TPSA) is 59.9 Å². The average molecular weight is 411 g/mol. The van der Waals surface area contributed by atoms with Gasteiger partial charge in [0.05, 0.1) is 27.6 Å². The van der Waals surface area contributed by atoms with E-state index in [9.17, 15) is 8.42 Å². The van der Waals surface area contributed by atoms with Crippen molar-refractivity contribution >= 4 is 15.9 Å². The molecule has 4 nitrogen and oxygen atoms in total. The third-order valence-corrected chi connectivity index (χ3v) is 9.19. The van der Waals surface area contributed by atoms with Gasteiger partial charge in [-0.1, -0.05) is 17.7 Å². The Hall–Kier alpha value is -2.01. The van der Waals surface area contributed by atoms with Crippen LogP contribution in [0.4, 0.5) is 0 Å². The molecule has 0 saturated heterocycles. The molecular weight excluding hydrogens is 380 g/mol. The van der Waals surface area contributed by atoms with Gasteiger partial charge in [0.2, 0.25) is 0 Å². The van der Waals surface area contributed by atoms with Gasteiger partial charge in [0.15, 0.2) is 9.84 Å². The van der Waals surface area contributed by atoms with E-state index in [-0.39, 0.29) is 0 Å². The molecule has 0 bridgehead atoms. The Balaban J connectivity index is 1.41. The zero-order valence-corrected chi connectivity index (χ0v) is 18.4. The maximum atomic E-state index is 12.5. The molecule has 0 radical (unpaired) electrons. The summed E-state index contributed by atoms with van der Waals surface area (Å²) in [6.07, 6.45) is 9.19. The van der Waals surface area contributed by atoms with Crippen LogP contribution in [0.25, 0.3) is 17.5 Å². The highest BCUT2D eigenvalue weighted by molar-refractivity contribution is 7.92. The highest BCUT2D eigenvalue weighted by atomic mass is 32.2. The standard InChI is InChI=1S/C24H30N2O2S/c1-24(2,3)29(27,28)16-17-7-9-18(10-8-17)20-14-19-11-12-22(26-23(19)15-20)21-6-4-5-13-25-21/h4-6,11-13,15,17-18H,7-10,14,16H2,1-3H3. The highest BCUT2D eigenvalue weighted by Gasteiger charge is 2.34. The third-order valence-electron chi connectivity index (χ3n) is 6.42. The van der Waals surface area contributed by atoms with Gasteiger partial charge in [-0.3, -0.25) is 4.98 Å². The van der Waals surface area contributed by atoms with E-state index in [2.05, 4.69) is 23.2 Å². The van der Waals surface area contributed by atoms with Crippen LogP contribution in [0.15, 0.2) is 42.1 Å². The van der Waals surface area contributed by atoms with Crippen molar-refractivity contribution in [1.82, 2.24) is 9.97 Å². The van der Waals surface area contributed by atoms with Crippen LogP contribution < -0.4 is 0 Å². The largest absolute Gasteiger partial charge is 0.255 e. The summed E-state index contributed by atoms with van der Waals surface area (Å²) in [5.74, 6) is 1.18. The molecule has 4 rings (SSSR count). The Kier molecular flexibility index (Phi) is 5.36. The first-order valence-electron chi connectivity index (χ1n) is 10.6. The summed E-state index contributed by atoms with van der Waals surface area (Å²) in [6, 6.07) is 10.1. The van der Waals surface area contributed by atoms with Crippen LogP contribution in [0.5, 0.6) is 0 Å². The van der Waals surface area contributed by atoms with Gasteiger partial charge in [0.25, 0.3) is 0 Å². The summed E-state index contributed by atoms with van der Waals surface area (Å²) in [5.41, 5.74) is 5.64. The summed E-state index contributed by atoms with van der Waals surface area (Å²) in [7, 11) is -3.04. The Bertz CT molecular complexity index is 1010. The predicted molar refractivity (Wildman–Crippen MR) is 118 cm³/mol. The molecule has 2 aliphatic carbocycles. The Morgan fingerprint density at radius 1 is 1.00 bits per heavy atom. The third kappa shape index (κ3) is 4.30. The van der Waals surface area contributed by atoms with Crippen molar-refractivity contribution in [1.29, 1.82) is 0 Å². The lowest BCUT2D eigenvalue weighted by molar-refractivity contribution is 0.319. The minimum atomic E-state index is -3.04. The van der Waals surface area contributed by atoms with Crippen molar-refractivity contribution in [2.45, 2.75) is 57.6 Å². The molecule has 0 atom stereocenters. The smallest absolute Gasteiger partial charge is 0.155 e. The summed E-state index contributed by atoms with van der Waals surface area (Å²) in [4.78, 5) is 9.25. The molecule has 0 spiro atoms. The predicted octanol–water partition coefficient (Wildman–Crippen LogP) is 5.10. The molecule has 1 saturated carbocycles. The fourth-order valence-corrected chi connectivity index (χ4v) is 5.86. The van der Waals surface area contributed by atoms with Crippen molar-refractivity contribution in [3.8, 4) is 11.4 Å². The summed E-state index contributed by atoms with van der Waals surface area (Å²) in [6.45, 7) is 5.42. The molecule has 2 aromatic heterocycles. The second-order valence-electron chi connectivity index (χ2n) is 9.46. The maximum absolute atomic E-state index is 12.5. The molecular formula is C24H30N2O2S. The van der Waals surface area contributed by atoms with E-state index in [1.165, 1.54) is 11.1 Å². The zero-order chi connectivity index (χ0) is 20.6. The van der Waals surface area contributed by atoms with E-state index in [1.54, 1.807) is 27.0 Å². The average Bonchev–Trinajstić information content (AvgIpc) is 3.11. The normalized spacial score (nSPS) is 22.2. The van der Waals surface area contributed by atoms with Gasteiger partial charge < -0.3 is 0 Å². The molecule has 0 aromatic carbocycles. The second-order valence-corrected chi connectivity index (χ2v) is 12.3. The highest BCUT2D eigenvalue weighted by Crippen LogP contribution is 2.39. The molecule has 2 aliphatic rings. The van der Waals surface area contributed by atoms with Crippen LogP contribution in [0.3, 0.4) is 0 Å². The molecule has 1 fully saturated rings. The number of rotatable bonds is 4. The quantitative estimate of drug-likeness (QED) is 0.703. The van der Waals surface area contributed by atoms with Gasteiger partial charge in [0.1, 0.15) is 0 Å². The fraction of sp³-hybridized carbons (Fsp3) is 0.500. The molecule has 0 N–H and O–H groups in total. The molecule has 5 heteroatoms. The van der Waals surface area contributed by atoms with Crippen molar-refractivity contribution in [3.05, 3.63) is 53.4 Å². The number of nitrogens with zero attached hydrogens (tertiary/aromatic N) is 2. The van der Waals surface area contributed by atoms with E-state index in [4.69, 9.17) is 4.98 Å². The van der Waals surface area contributed by atoms with Crippen molar-refractivity contribution in [2.75, 3.05) is 5.75 Å². The number of hydrogen-bond donors (Lipinski definition) is 0. The van der Waals surface area contributed by atoms with E-state index in [0.717, 1.165) is 49.2 Å². The maximum Gasteiger partial charge on any atom is 0.155 e. The summed E-state index contributed by atoms with van der Waals surface area (Å²) < 4.78 is 24.4. The molecule has 0 amide bonds. The Labute approximate surface area is 174 Å². The molecule has 0 aliphatic heterocycles. The van der Waals surface area contributed by atoms with Crippen LogP contribution in [-0.4, -0.2) is 28.9 Å². The second kappa shape index (κ2) is 7.67. The zero-order valence-electron chi connectivity index (χ0n) is 17.6. The number of pyridine rings is 2. The summed E-state index contributed by atoms with van der Waals surface area (Å²) >= 11 is 0. The molecule has 2 aromatic rings. The van der Waals surface area contributed by atoms with Crippen LogP contribution in [0.1, 0.15) is 57.7 Å². The molecule has 0 unspecified atom stereocenters. The fourth-order valence-electron chi connectivity index (χ4n) is 4.40. The summed E-state index contributed by atoms with van der Waals surface area (Å²) in [5, 5.41) is 0. The van der Waals surface area contributed by atoms with Gasteiger partial charge in [-0.2, -0.15) is 0 Å². The number of hydrogen-bond acceptors (Lipinski definition) is 4. The van der Waals surface area contributed by atoms with Gasteiger partial charge in [-0.15, -0.1) is 0 Å². The number of aromatic nitrogens is 2. The van der Waals surface area contributed by atoms with Crippen LogP contribution >= 0.6 is 0 Å². The lowest BCUT2D eigenvalue weighted by atomic mass is 9.78. The lowest BCUT2D eigenvalue weighted by Crippen LogP contribution is -2.34. The lowest BCUT2D eigenvalue weighted by Gasteiger charge is -2.31. The Morgan fingerprint density at radius 2 is 1.76 bits per heavy atom. The van der Waals surface area contributed by atoms with Crippen LogP contribution in [0.2, 0.25) is 0 Å².